The van der Waals surface area contributed by atoms with Crippen LogP contribution in [0.3, 0.4) is 0 Å². The number of anilines is 1. The van der Waals surface area contributed by atoms with Gasteiger partial charge in [-0.25, -0.2) is 4.79 Å². The second-order valence-electron chi connectivity index (χ2n) is 7.70. The second-order valence-corrected chi connectivity index (χ2v) is 7.70. The number of aryl methyl sites for hydroxylation is 1. The third-order valence-corrected chi connectivity index (χ3v) is 5.72. The van der Waals surface area contributed by atoms with Crippen molar-refractivity contribution < 1.29 is 18.4 Å². The van der Waals surface area contributed by atoms with Gasteiger partial charge in [-0.15, -0.1) is 0 Å². The van der Waals surface area contributed by atoms with Crippen LogP contribution in [0.15, 0.2) is 54.6 Å². The highest BCUT2D eigenvalue weighted by Crippen LogP contribution is 2.30. The number of aromatic hydroxyl groups is 1. The number of phenolic OH excluding ortho intramolecular Hbond substituents is 1. The van der Waals surface area contributed by atoms with Gasteiger partial charge in [-0.3, -0.25) is 4.90 Å². The first kappa shape index (κ1) is 19.9. The maximum Gasteiger partial charge on any atom is 0.336 e. The van der Waals surface area contributed by atoms with E-state index in [-0.39, 0.29) is 17.3 Å². The summed E-state index contributed by atoms with van der Waals surface area (Å²) < 4.78 is 16.5. The monoisotopic (exact) mass is 432 g/mol. The van der Waals surface area contributed by atoms with Gasteiger partial charge < -0.3 is 23.3 Å². The lowest BCUT2D eigenvalue weighted by atomic mass is 10.1. The summed E-state index contributed by atoms with van der Waals surface area (Å²) in [5.41, 5.74) is 1.60. The Morgan fingerprint density at radius 3 is 2.72 bits per heavy atom. The quantitative estimate of drug-likeness (QED) is 0.485. The van der Waals surface area contributed by atoms with E-state index in [0.29, 0.717) is 55.5 Å². The van der Waals surface area contributed by atoms with E-state index < -0.39 is 5.63 Å². The van der Waals surface area contributed by atoms with Gasteiger partial charge >= 0.3 is 5.63 Å². The number of hydrogen-bond acceptors (Lipinski definition) is 9. The summed E-state index contributed by atoms with van der Waals surface area (Å²) in [6.07, 6.45) is 1.53. The van der Waals surface area contributed by atoms with Crippen LogP contribution < -0.4 is 10.5 Å². The van der Waals surface area contributed by atoms with Crippen molar-refractivity contribution in [2.45, 2.75) is 13.5 Å². The summed E-state index contributed by atoms with van der Waals surface area (Å²) in [6, 6.07) is 10.5. The number of hydrogen-bond donors (Lipinski definition) is 1. The molecule has 162 valence electrons. The summed E-state index contributed by atoms with van der Waals surface area (Å²) in [5, 5.41) is 20.2. The Morgan fingerprint density at radius 1 is 1.19 bits per heavy atom. The SMILES string of the molecule is Cc1c(O)ccc2c(CN3CCN(c4oc(-c5ccco5)nc4C#N)CC3)cc(=O)oc12. The molecular weight excluding hydrogens is 412 g/mol. The van der Waals surface area contributed by atoms with Crippen molar-refractivity contribution in [1.82, 2.24) is 9.88 Å². The van der Waals surface area contributed by atoms with E-state index >= 15 is 0 Å². The first-order chi connectivity index (χ1) is 15.5. The summed E-state index contributed by atoms with van der Waals surface area (Å²) in [7, 11) is 0. The molecule has 1 aliphatic heterocycles. The Hall–Kier alpha value is -4.03. The zero-order valence-electron chi connectivity index (χ0n) is 17.4. The first-order valence-corrected chi connectivity index (χ1v) is 10.2. The highest BCUT2D eigenvalue weighted by molar-refractivity contribution is 5.84. The Balaban J connectivity index is 1.34. The van der Waals surface area contributed by atoms with E-state index in [0.717, 1.165) is 10.9 Å². The predicted molar refractivity (Wildman–Crippen MR) is 115 cm³/mol. The van der Waals surface area contributed by atoms with Crippen molar-refractivity contribution in [3.63, 3.8) is 0 Å². The van der Waals surface area contributed by atoms with Gasteiger partial charge in [-0.2, -0.15) is 10.2 Å². The molecule has 1 aliphatic rings. The van der Waals surface area contributed by atoms with Crippen LogP contribution in [0.5, 0.6) is 5.75 Å². The molecule has 9 nitrogen and oxygen atoms in total. The van der Waals surface area contributed by atoms with E-state index in [1.54, 1.807) is 31.2 Å². The Labute approximate surface area is 182 Å². The standard InChI is InChI=1S/C23H20N4O5/c1-14-18(28)5-4-16-15(11-20(29)31-21(14)16)13-26-6-8-27(9-7-26)23-17(12-24)25-22(32-23)19-3-2-10-30-19/h2-5,10-11,28H,6-9,13H2,1H3. The average molecular weight is 432 g/mol. The summed E-state index contributed by atoms with van der Waals surface area (Å²) in [5.74, 6) is 1.30. The number of phenols is 1. The van der Waals surface area contributed by atoms with Crippen LogP contribution >= 0.6 is 0 Å². The zero-order chi connectivity index (χ0) is 22.2. The van der Waals surface area contributed by atoms with E-state index in [1.165, 1.54) is 12.3 Å². The van der Waals surface area contributed by atoms with Crippen molar-refractivity contribution in [1.29, 1.82) is 5.26 Å². The molecule has 1 N–H and O–H groups in total. The highest BCUT2D eigenvalue weighted by atomic mass is 16.4. The molecule has 1 saturated heterocycles. The maximum atomic E-state index is 12.1. The van der Waals surface area contributed by atoms with Crippen LogP contribution in [0.25, 0.3) is 22.6 Å². The molecule has 1 aromatic carbocycles. The maximum absolute atomic E-state index is 12.1. The number of nitrogens with zero attached hydrogens (tertiary/aromatic N) is 4. The van der Waals surface area contributed by atoms with Gasteiger partial charge in [0.2, 0.25) is 11.6 Å². The number of benzene rings is 1. The van der Waals surface area contributed by atoms with Gasteiger partial charge in [0.15, 0.2) is 5.76 Å². The molecule has 0 amide bonds. The third kappa shape index (κ3) is 3.50. The first-order valence-electron chi connectivity index (χ1n) is 10.2. The molecule has 4 heterocycles. The van der Waals surface area contributed by atoms with Gasteiger partial charge in [0.05, 0.1) is 6.26 Å². The Bertz CT molecular complexity index is 1370. The summed E-state index contributed by atoms with van der Waals surface area (Å²) in [6.45, 7) is 4.99. The Morgan fingerprint density at radius 2 is 2.00 bits per heavy atom. The molecule has 1 fully saturated rings. The lowest BCUT2D eigenvalue weighted by Gasteiger charge is -2.34. The minimum absolute atomic E-state index is 0.0979. The Kier molecular flexibility index (Phi) is 4.92. The summed E-state index contributed by atoms with van der Waals surface area (Å²) >= 11 is 0. The average Bonchev–Trinajstić information content (AvgIpc) is 3.47. The van der Waals surface area contributed by atoms with Crippen LogP contribution in [0.4, 0.5) is 5.88 Å². The van der Waals surface area contributed by atoms with Crippen molar-refractivity contribution in [2.75, 3.05) is 31.1 Å². The topological polar surface area (TPSA) is 120 Å². The van der Waals surface area contributed by atoms with Crippen LogP contribution in [0.1, 0.15) is 16.8 Å². The highest BCUT2D eigenvalue weighted by Gasteiger charge is 2.26. The molecule has 3 aromatic heterocycles. The van der Waals surface area contributed by atoms with Crippen LogP contribution in [0.2, 0.25) is 0 Å². The number of piperazine rings is 1. The zero-order valence-corrected chi connectivity index (χ0v) is 17.4. The molecule has 5 rings (SSSR count). The number of oxazole rings is 1. The van der Waals surface area contributed by atoms with Gasteiger partial charge in [0.25, 0.3) is 5.89 Å². The van der Waals surface area contributed by atoms with E-state index in [9.17, 15) is 15.2 Å². The number of rotatable bonds is 4. The molecule has 0 aliphatic carbocycles. The van der Waals surface area contributed by atoms with Gasteiger partial charge in [0.1, 0.15) is 17.4 Å². The second kappa shape index (κ2) is 7.90. The third-order valence-electron chi connectivity index (χ3n) is 5.72. The van der Waals surface area contributed by atoms with Crippen LogP contribution in [-0.4, -0.2) is 41.2 Å². The van der Waals surface area contributed by atoms with Crippen molar-refractivity contribution >= 4 is 16.9 Å². The molecule has 9 heteroatoms. The van der Waals surface area contributed by atoms with E-state index in [4.69, 9.17) is 13.3 Å². The molecule has 4 aromatic rings. The van der Waals surface area contributed by atoms with Gasteiger partial charge in [0, 0.05) is 49.7 Å². The number of aromatic nitrogens is 1. The fraction of sp³-hybridized carbons (Fsp3) is 0.261. The fourth-order valence-corrected chi connectivity index (χ4v) is 4.00. The van der Waals surface area contributed by atoms with Crippen molar-refractivity contribution in [2.24, 2.45) is 0 Å². The lowest BCUT2D eigenvalue weighted by Crippen LogP contribution is -2.46. The van der Waals surface area contributed by atoms with Crippen molar-refractivity contribution in [3.8, 4) is 23.5 Å². The molecule has 0 saturated carbocycles. The normalized spacial score (nSPS) is 14.7. The number of furan rings is 1. The van der Waals surface area contributed by atoms with Gasteiger partial charge in [-0.1, -0.05) is 0 Å². The largest absolute Gasteiger partial charge is 0.508 e. The smallest absolute Gasteiger partial charge is 0.336 e. The molecule has 0 spiro atoms. The molecule has 32 heavy (non-hydrogen) atoms. The molecule has 0 atom stereocenters. The van der Waals surface area contributed by atoms with Gasteiger partial charge in [-0.05, 0) is 36.8 Å². The van der Waals surface area contributed by atoms with E-state index in [2.05, 4.69) is 16.0 Å². The minimum atomic E-state index is -0.439. The van der Waals surface area contributed by atoms with Crippen molar-refractivity contribution in [3.05, 3.63) is 63.8 Å². The molecule has 0 unspecified atom stereocenters. The number of nitriles is 1. The van der Waals surface area contributed by atoms with E-state index in [1.807, 2.05) is 4.90 Å². The molecule has 0 bridgehead atoms. The number of fused-ring (bicyclic) bond motifs is 1. The lowest BCUT2D eigenvalue weighted by molar-refractivity contribution is 0.246. The van der Waals surface area contributed by atoms with Crippen LogP contribution in [0, 0.1) is 18.3 Å². The summed E-state index contributed by atoms with van der Waals surface area (Å²) in [4.78, 5) is 20.6. The molecule has 0 radical (unpaired) electrons. The minimum Gasteiger partial charge on any atom is -0.508 e. The fourth-order valence-electron chi connectivity index (χ4n) is 4.00. The molecular formula is C23H20N4O5. The van der Waals surface area contributed by atoms with Crippen LogP contribution in [-0.2, 0) is 6.54 Å². The predicted octanol–water partition coefficient (Wildman–Crippen LogP) is 3.25.